The van der Waals surface area contributed by atoms with E-state index in [1.54, 1.807) is 13.1 Å². The van der Waals surface area contributed by atoms with Crippen LogP contribution in [0.3, 0.4) is 0 Å². The number of aromatic nitrogens is 2. The zero-order valence-electron chi connectivity index (χ0n) is 7.61. The summed E-state index contributed by atoms with van der Waals surface area (Å²) in [5, 5.41) is 0. The van der Waals surface area contributed by atoms with Gasteiger partial charge in [-0.1, -0.05) is 20.7 Å². The van der Waals surface area contributed by atoms with E-state index in [-0.39, 0.29) is 26.7 Å². The summed E-state index contributed by atoms with van der Waals surface area (Å²) in [6.45, 7) is 2.17. The number of nitrogens with zero attached hydrogens (tertiary/aromatic N) is 2. The maximum absolute atomic E-state index is 11.3. The topological polar surface area (TPSA) is 44.1 Å². The van der Waals surface area contributed by atoms with Crippen LogP contribution in [0, 0.1) is 0 Å². The fraction of sp³-hybridized carbons (Fsp3) is 0.222. The summed E-state index contributed by atoms with van der Waals surface area (Å²) in [5.41, 5.74) is 0.383. The van der Waals surface area contributed by atoms with Crippen LogP contribution in [0.15, 0.2) is 10.3 Å². The fourth-order valence-corrected chi connectivity index (χ4v) is 2.61. The van der Waals surface area contributed by atoms with Crippen molar-refractivity contribution >= 4 is 36.9 Å². The molecular formula is C9H9IN2O2. The zero-order chi connectivity index (χ0) is 9.97. The standard InChI is InChI=1S/C9H9IN2O2/c1-2-14-9(13)7-5-12-6-10-4-3-8(12)11-7/h3-6H,2H2,1H3. The maximum atomic E-state index is 11.3. The van der Waals surface area contributed by atoms with E-state index in [0.29, 0.717) is 12.3 Å². The molecule has 0 unspecified atom stereocenters. The molecular weight excluding hydrogens is 295 g/mol. The molecule has 1 aromatic heterocycles. The molecule has 4 nitrogen and oxygen atoms in total. The van der Waals surface area contributed by atoms with Crippen molar-refractivity contribution in [1.82, 2.24) is 9.55 Å². The molecule has 0 spiro atoms. The Morgan fingerprint density at radius 1 is 1.71 bits per heavy atom. The first-order chi connectivity index (χ1) is 6.81. The highest BCUT2D eigenvalue weighted by molar-refractivity contribution is 14.2. The van der Waals surface area contributed by atoms with E-state index in [9.17, 15) is 4.79 Å². The molecule has 1 aliphatic rings. The molecule has 1 aliphatic heterocycles. The second-order valence-corrected chi connectivity index (χ2v) is 4.62. The monoisotopic (exact) mass is 304 g/mol. The maximum Gasteiger partial charge on any atom is 0.358 e. The highest BCUT2D eigenvalue weighted by Gasteiger charge is 2.13. The lowest BCUT2D eigenvalue weighted by Gasteiger charge is -1.97. The summed E-state index contributed by atoms with van der Waals surface area (Å²) in [6.07, 6.45) is 3.66. The fourth-order valence-electron chi connectivity index (χ4n) is 1.10. The van der Waals surface area contributed by atoms with Gasteiger partial charge in [0, 0.05) is 10.3 Å². The second-order valence-electron chi connectivity index (χ2n) is 2.63. The first-order valence-corrected chi connectivity index (χ1v) is 6.68. The predicted octanol–water partition coefficient (Wildman–Crippen LogP) is 1.62. The predicted molar refractivity (Wildman–Crippen MR) is 62.7 cm³/mol. The van der Waals surface area contributed by atoms with E-state index in [4.69, 9.17) is 4.74 Å². The first-order valence-electron chi connectivity index (χ1n) is 4.19. The molecule has 2 heterocycles. The second kappa shape index (κ2) is 4.04. The van der Waals surface area contributed by atoms with Crippen LogP contribution in [-0.2, 0) is 4.74 Å². The van der Waals surface area contributed by atoms with Crippen LogP contribution in [0.1, 0.15) is 23.2 Å². The highest BCUT2D eigenvalue weighted by atomic mass is 127. The third kappa shape index (κ3) is 1.77. The Morgan fingerprint density at radius 3 is 3.29 bits per heavy atom. The van der Waals surface area contributed by atoms with Gasteiger partial charge in [-0.05, 0) is 17.1 Å². The minimum Gasteiger partial charge on any atom is -0.461 e. The van der Waals surface area contributed by atoms with Crippen LogP contribution >= 0.6 is 20.7 Å². The van der Waals surface area contributed by atoms with Crippen LogP contribution in [0.5, 0.6) is 0 Å². The summed E-state index contributed by atoms with van der Waals surface area (Å²) in [7, 11) is 0. The van der Waals surface area contributed by atoms with Gasteiger partial charge in [-0.15, -0.1) is 0 Å². The Labute approximate surface area is 91.3 Å². The van der Waals surface area contributed by atoms with Gasteiger partial charge in [-0.3, -0.25) is 0 Å². The van der Waals surface area contributed by atoms with Gasteiger partial charge in [0.15, 0.2) is 5.69 Å². The first kappa shape index (κ1) is 9.57. The van der Waals surface area contributed by atoms with Crippen molar-refractivity contribution in [2.75, 3.05) is 6.61 Å². The van der Waals surface area contributed by atoms with E-state index in [1.807, 2.05) is 10.6 Å². The molecule has 5 heteroatoms. The third-order valence-corrected chi connectivity index (χ3v) is 3.39. The van der Waals surface area contributed by atoms with Crippen molar-refractivity contribution in [2.45, 2.75) is 6.92 Å². The van der Waals surface area contributed by atoms with Crippen LogP contribution < -0.4 is 0 Å². The average Bonchev–Trinajstić information content (AvgIpc) is 2.61. The number of ether oxygens (including phenoxy) is 1. The highest BCUT2D eigenvalue weighted by Crippen LogP contribution is 2.13. The number of carbonyl (C=O) groups excluding carboxylic acids is 1. The summed E-state index contributed by atoms with van der Waals surface area (Å²) in [6, 6.07) is 0. The lowest BCUT2D eigenvalue weighted by molar-refractivity contribution is 0.0520. The van der Waals surface area contributed by atoms with Gasteiger partial charge < -0.3 is 9.30 Å². The molecule has 1 aromatic rings. The van der Waals surface area contributed by atoms with Crippen LogP contribution in [0.25, 0.3) is 6.08 Å². The molecule has 14 heavy (non-hydrogen) atoms. The van der Waals surface area contributed by atoms with Crippen molar-refractivity contribution in [2.24, 2.45) is 0 Å². The third-order valence-electron chi connectivity index (χ3n) is 1.69. The lowest BCUT2D eigenvalue weighted by atomic mass is 10.5. The minimum atomic E-state index is -0.352. The number of hydrogen-bond acceptors (Lipinski definition) is 3. The van der Waals surface area contributed by atoms with Gasteiger partial charge in [0.05, 0.1) is 6.61 Å². The quantitative estimate of drug-likeness (QED) is 0.616. The largest absolute Gasteiger partial charge is 0.461 e. The molecule has 0 fully saturated rings. The van der Waals surface area contributed by atoms with Crippen molar-refractivity contribution in [3.63, 3.8) is 0 Å². The Kier molecular flexibility index (Phi) is 2.76. The number of imidazole rings is 1. The molecule has 0 atom stereocenters. The normalized spacial score (nSPS) is 13.2. The Balaban J connectivity index is 2.29. The number of fused-ring (bicyclic) bond motifs is 1. The lowest BCUT2D eigenvalue weighted by Crippen LogP contribution is -2.04. The van der Waals surface area contributed by atoms with Crippen molar-refractivity contribution in [3.8, 4) is 0 Å². The molecule has 0 amide bonds. The van der Waals surface area contributed by atoms with E-state index < -0.39 is 0 Å². The molecule has 74 valence electrons. The van der Waals surface area contributed by atoms with Gasteiger partial charge >= 0.3 is 5.97 Å². The van der Waals surface area contributed by atoms with E-state index in [0.717, 1.165) is 5.82 Å². The summed E-state index contributed by atoms with van der Waals surface area (Å²) in [5.74, 6) is 0.452. The molecule has 0 bridgehead atoms. The van der Waals surface area contributed by atoms with E-state index in [2.05, 4.69) is 13.2 Å². The van der Waals surface area contributed by atoms with Gasteiger partial charge in [0.1, 0.15) is 5.82 Å². The van der Waals surface area contributed by atoms with Crippen molar-refractivity contribution in [3.05, 3.63) is 21.8 Å². The molecule has 0 saturated heterocycles. The Morgan fingerprint density at radius 2 is 2.57 bits per heavy atom. The molecule has 2 rings (SSSR count). The van der Waals surface area contributed by atoms with Gasteiger partial charge in [0.2, 0.25) is 0 Å². The van der Waals surface area contributed by atoms with Crippen LogP contribution in [-0.4, -0.2) is 26.3 Å². The summed E-state index contributed by atoms with van der Waals surface area (Å²) < 4.78 is 10.9. The Hall–Kier alpha value is -0.980. The van der Waals surface area contributed by atoms with Gasteiger partial charge in [0.25, 0.3) is 0 Å². The molecule has 0 N–H and O–H groups in total. The van der Waals surface area contributed by atoms with Crippen LogP contribution in [0.4, 0.5) is 0 Å². The van der Waals surface area contributed by atoms with Crippen molar-refractivity contribution < 1.29 is 9.53 Å². The van der Waals surface area contributed by atoms with Gasteiger partial charge in [-0.25, -0.2) is 9.78 Å². The molecule has 0 aromatic carbocycles. The zero-order valence-corrected chi connectivity index (χ0v) is 9.76. The molecule has 0 radical (unpaired) electrons. The molecule has 0 aliphatic carbocycles. The summed E-state index contributed by atoms with van der Waals surface area (Å²) in [4.78, 5) is 15.5. The number of rotatable bonds is 2. The molecule has 0 saturated carbocycles. The minimum absolute atomic E-state index is 0.0238. The number of halogens is 1. The average molecular weight is 304 g/mol. The van der Waals surface area contributed by atoms with E-state index in [1.165, 1.54) is 0 Å². The van der Waals surface area contributed by atoms with Crippen LogP contribution in [0.2, 0.25) is 0 Å². The SMILES string of the molecule is CCOC(=O)c1cn2c(n1)C=CI=C2. The number of hydrogen-bond donors (Lipinski definition) is 0. The van der Waals surface area contributed by atoms with Crippen molar-refractivity contribution in [1.29, 1.82) is 0 Å². The number of esters is 1. The summed E-state index contributed by atoms with van der Waals surface area (Å²) >= 11 is -0.0238. The smallest absolute Gasteiger partial charge is 0.358 e. The number of carbonyl (C=O) groups is 1. The van der Waals surface area contributed by atoms with Gasteiger partial charge in [-0.2, -0.15) is 0 Å². The van der Waals surface area contributed by atoms with E-state index >= 15 is 0 Å². The Bertz CT molecular complexity index is 391.